The molecule has 1 aliphatic rings. The topological polar surface area (TPSA) is 55.1 Å². The number of amides is 1. The number of thioether (sulfide) groups is 1. The van der Waals surface area contributed by atoms with Crippen molar-refractivity contribution >= 4 is 60.7 Å². The highest BCUT2D eigenvalue weighted by Gasteiger charge is 2.22. The Hall–Kier alpha value is -0.720. The van der Waals surface area contributed by atoms with Crippen molar-refractivity contribution in [3.05, 3.63) is 27.5 Å². The third-order valence-corrected chi connectivity index (χ3v) is 5.98. The Kier molecular flexibility index (Phi) is 3.73. The summed E-state index contributed by atoms with van der Waals surface area (Å²) in [6.07, 6.45) is 1.05. The molecule has 1 aromatic carbocycles. The summed E-state index contributed by atoms with van der Waals surface area (Å²) in [4.78, 5) is 12.9. The lowest BCUT2D eigenvalue weighted by Gasteiger charge is -2.10. The zero-order valence-electron chi connectivity index (χ0n) is 10.1. The molecule has 1 amide bonds. The summed E-state index contributed by atoms with van der Waals surface area (Å²) in [7, 11) is 0. The maximum atomic E-state index is 12.3. The molecule has 3 N–H and O–H groups in total. The number of anilines is 1. The van der Waals surface area contributed by atoms with Gasteiger partial charge in [0.25, 0.3) is 5.91 Å². The number of hydrogen-bond acceptors (Lipinski definition) is 4. The minimum atomic E-state index is -0.0395. The first-order valence-corrected chi connectivity index (χ1v) is 8.77. The molecule has 1 fully saturated rings. The fourth-order valence-electron chi connectivity index (χ4n) is 2.16. The first-order valence-electron chi connectivity index (χ1n) is 6.01. The van der Waals surface area contributed by atoms with Gasteiger partial charge in [0.1, 0.15) is 4.88 Å². The third kappa shape index (κ3) is 2.61. The van der Waals surface area contributed by atoms with Crippen LogP contribution in [0.5, 0.6) is 0 Å². The van der Waals surface area contributed by atoms with E-state index in [1.807, 2.05) is 30.0 Å². The molecule has 100 valence electrons. The van der Waals surface area contributed by atoms with Gasteiger partial charge in [-0.2, -0.15) is 11.8 Å². The van der Waals surface area contributed by atoms with E-state index in [0.29, 0.717) is 10.6 Å². The van der Waals surface area contributed by atoms with Gasteiger partial charge in [-0.15, -0.1) is 11.3 Å². The monoisotopic (exact) mass is 356 g/mol. The van der Waals surface area contributed by atoms with Crippen LogP contribution >= 0.6 is 39.0 Å². The van der Waals surface area contributed by atoms with E-state index in [1.165, 1.54) is 11.3 Å². The van der Waals surface area contributed by atoms with Crippen molar-refractivity contribution in [3.63, 3.8) is 0 Å². The minimum Gasteiger partial charge on any atom is -0.397 e. The molecule has 1 aromatic heterocycles. The van der Waals surface area contributed by atoms with Gasteiger partial charge in [0, 0.05) is 26.4 Å². The zero-order chi connectivity index (χ0) is 13.4. The molecule has 0 aliphatic carbocycles. The van der Waals surface area contributed by atoms with Crippen molar-refractivity contribution in [2.24, 2.45) is 0 Å². The molecule has 3 nitrogen and oxygen atoms in total. The van der Waals surface area contributed by atoms with Crippen LogP contribution < -0.4 is 11.1 Å². The van der Waals surface area contributed by atoms with E-state index in [2.05, 4.69) is 21.2 Å². The lowest BCUT2D eigenvalue weighted by Crippen LogP contribution is -2.34. The van der Waals surface area contributed by atoms with E-state index in [1.54, 1.807) is 0 Å². The Bertz CT molecular complexity index is 635. The van der Waals surface area contributed by atoms with Crippen LogP contribution in [0, 0.1) is 0 Å². The zero-order valence-corrected chi connectivity index (χ0v) is 13.3. The minimum absolute atomic E-state index is 0.0395. The number of fused-ring (bicyclic) bond motifs is 1. The standard InChI is InChI=1S/C13H13BrN2OS2/c14-7-1-2-9-10(5-7)19-12(11(9)15)13(17)16-8-3-4-18-6-8/h1-2,5,8H,3-4,6,15H2,(H,16,17). The fraction of sp³-hybridized carbons (Fsp3) is 0.308. The quantitative estimate of drug-likeness (QED) is 0.865. The molecule has 1 atom stereocenters. The molecule has 0 saturated carbocycles. The molecule has 1 saturated heterocycles. The number of benzene rings is 1. The molecule has 6 heteroatoms. The van der Waals surface area contributed by atoms with Crippen LogP contribution in [0.15, 0.2) is 22.7 Å². The Morgan fingerprint density at radius 1 is 1.47 bits per heavy atom. The second-order valence-corrected chi connectivity index (χ2v) is 7.64. The number of halogens is 1. The van der Waals surface area contributed by atoms with Crippen molar-refractivity contribution < 1.29 is 4.79 Å². The van der Waals surface area contributed by atoms with Crippen LogP contribution in [0.2, 0.25) is 0 Å². The molecule has 0 radical (unpaired) electrons. The predicted molar refractivity (Wildman–Crippen MR) is 87.1 cm³/mol. The molecular weight excluding hydrogens is 344 g/mol. The molecule has 1 aliphatic heterocycles. The number of nitrogen functional groups attached to an aromatic ring is 1. The second-order valence-electron chi connectivity index (χ2n) is 4.52. The van der Waals surface area contributed by atoms with Crippen LogP contribution in [0.1, 0.15) is 16.1 Å². The fourth-order valence-corrected chi connectivity index (χ4v) is 4.89. The lowest BCUT2D eigenvalue weighted by molar-refractivity contribution is 0.0946. The average molecular weight is 357 g/mol. The SMILES string of the molecule is Nc1c(C(=O)NC2CCSC2)sc2cc(Br)ccc12. The van der Waals surface area contributed by atoms with Crippen molar-refractivity contribution in [1.29, 1.82) is 0 Å². The number of thiophene rings is 1. The van der Waals surface area contributed by atoms with E-state index in [0.717, 1.165) is 32.5 Å². The molecule has 2 heterocycles. The predicted octanol–water partition coefficient (Wildman–Crippen LogP) is 3.48. The number of carbonyl (C=O) groups is 1. The van der Waals surface area contributed by atoms with Crippen LogP contribution in [0.4, 0.5) is 5.69 Å². The van der Waals surface area contributed by atoms with Crippen LogP contribution in [0.25, 0.3) is 10.1 Å². The number of nitrogens with two attached hydrogens (primary N) is 1. The Labute approximate surface area is 128 Å². The summed E-state index contributed by atoms with van der Waals surface area (Å²) in [6, 6.07) is 6.18. The van der Waals surface area contributed by atoms with E-state index >= 15 is 0 Å². The van der Waals surface area contributed by atoms with Crippen molar-refractivity contribution in [1.82, 2.24) is 5.32 Å². The average Bonchev–Trinajstić information content (AvgIpc) is 2.97. The maximum Gasteiger partial charge on any atom is 0.263 e. The van der Waals surface area contributed by atoms with Gasteiger partial charge in [-0.1, -0.05) is 22.0 Å². The van der Waals surface area contributed by atoms with E-state index in [-0.39, 0.29) is 11.9 Å². The molecular formula is C13H13BrN2OS2. The van der Waals surface area contributed by atoms with Gasteiger partial charge in [-0.3, -0.25) is 4.79 Å². The Morgan fingerprint density at radius 2 is 2.32 bits per heavy atom. The highest BCUT2D eigenvalue weighted by molar-refractivity contribution is 9.10. The molecule has 0 bridgehead atoms. The maximum absolute atomic E-state index is 12.3. The number of rotatable bonds is 2. The van der Waals surface area contributed by atoms with Gasteiger partial charge in [-0.05, 0) is 24.3 Å². The van der Waals surface area contributed by atoms with Gasteiger partial charge < -0.3 is 11.1 Å². The molecule has 2 aromatic rings. The highest BCUT2D eigenvalue weighted by Crippen LogP contribution is 2.35. The Balaban J connectivity index is 1.91. The van der Waals surface area contributed by atoms with E-state index in [9.17, 15) is 4.79 Å². The van der Waals surface area contributed by atoms with Gasteiger partial charge in [0.2, 0.25) is 0 Å². The number of hydrogen-bond donors (Lipinski definition) is 2. The smallest absolute Gasteiger partial charge is 0.263 e. The van der Waals surface area contributed by atoms with Crippen molar-refractivity contribution in [3.8, 4) is 0 Å². The normalized spacial score (nSPS) is 18.9. The Morgan fingerprint density at radius 3 is 3.05 bits per heavy atom. The largest absolute Gasteiger partial charge is 0.397 e. The van der Waals surface area contributed by atoms with Crippen LogP contribution in [-0.2, 0) is 0 Å². The second kappa shape index (κ2) is 5.34. The summed E-state index contributed by atoms with van der Waals surface area (Å²) < 4.78 is 2.04. The van der Waals surface area contributed by atoms with Gasteiger partial charge in [-0.25, -0.2) is 0 Å². The summed E-state index contributed by atoms with van der Waals surface area (Å²) in [5.74, 6) is 2.09. The van der Waals surface area contributed by atoms with Gasteiger partial charge in [0.15, 0.2) is 0 Å². The molecule has 1 unspecified atom stereocenters. The summed E-state index contributed by atoms with van der Waals surface area (Å²) in [6.45, 7) is 0. The molecule has 0 spiro atoms. The number of carbonyl (C=O) groups excluding carboxylic acids is 1. The van der Waals surface area contributed by atoms with Crippen LogP contribution in [-0.4, -0.2) is 23.5 Å². The lowest BCUT2D eigenvalue weighted by atomic mass is 10.2. The number of nitrogens with one attached hydrogen (secondary N) is 1. The van der Waals surface area contributed by atoms with E-state index < -0.39 is 0 Å². The highest BCUT2D eigenvalue weighted by atomic mass is 79.9. The van der Waals surface area contributed by atoms with Gasteiger partial charge in [0.05, 0.1) is 5.69 Å². The summed E-state index contributed by atoms with van der Waals surface area (Å²) in [5, 5.41) is 4.03. The summed E-state index contributed by atoms with van der Waals surface area (Å²) in [5.41, 5.74) is 6.69. The first-order chi connectivity index (χ1) is 9.15. The molecule has 19 heavy (non-hydrogen) atoms. The van der Waals surface area contributed by atoms with E-state index in [4.69, 9.17) is 5.73 Å². The van der Waals surface area contributed by atoms with Crippen LogP contribution in [0.3, 0.4) is 0 Å². The van der Waals surface area contributed by atoms with Crippen molar-refractivity contribution in [2.45, 2.75) is 12.5 Å². The summed E-state index contributed by atoms with van der Waals surface area (Å²) >= 11 is 6.77. The third-order valence-electron chi connectivity index (χ3n) is 3.16. The molecule has 3 rings (SSSR count). The first kappa shape index (κ1) is 13.3. The van der Waals surface area contributed by atoms with Crippen molar-refractivity contribution in [2.75, 3.05) is 17.2 Å². The van der Waals surface area contributed by atoms with Gasteiger partial charge >= 0.3 is 0 Å².